The number of amides is 1. The molecule has 0 saturated heterocycles. The summed E-state index contributed by atoms with van der Waals surface area (Å²) in [7, 11) is 0. The maximum absolute atomic E-state index is 13.6. The van der Waals surface area contributed by atoms with Crippen LogP contribution < -0.4 is 10.1 Å². The van der Waals surface area contributed by atoms with Crippen molar-refractivity contribution in [3.8, 4) is 11.8 Å². The van der Waals surface area contributed by atoms with E-state index < -0.39 is 11.7 Å². The van der Waals surface area contributed by atoms with Gasteiger partial charge in [0.15, 0.2) is 0 Å². The van der Waals surface area contributed by atoms with Gasteiger partial charge in [-0.2, -0.15) is 5.26 Å². The summed E-state index contributed by atoms with van der Waals surface area (Å²) in [6.07, 6.45) is 1.22. The topological polar surface area (TPSA) is 62.1 Å². The van der Waals surface area contributed by atoms with Crippen LogP contribution in [0, 0.1) is 17.1 Å². The van der Waals surface area contributed by atoms with Gasteiger partial charge in [0, 0.05) is 17.3 Å². The van der Waals surface area contributed by atoms with Crippen LogP contribution in [0.15, 0.2) is 54.1 Å². The Morgan fingerprint density at radius 1 is 1.30 bits per heavy atom. The van der Waals surface area contributed by atoms with Crippen molar-refractivity contribution in [2.45, 2.75) is 6.92 Å². The lowest BCUT2D eigenvalue weighted by Crippen LogP contribution is -2.13. The summed E-state index contributed by atoms with van der Waals surface area (Å²) < 4.78 is 19.0. The smallest absolute Gasteiger partial charge is 0.266 e. The van der Waals surface area contributed by atoms with Crippen molar-refractivity contribution in [2.75, 3.05) is 11.9 Å². The van der Waals surface area contributed by atoms with E-state index in [0.717, 1.165) is 0 Å². The van der Waals surface area contributed by atoms with E-state index in [1.54, 1.807) is 36.4 Å². The predicted octanol–water partition coefficient (Wildman–Crippen LogP) is 3.77. The first-order valence-electron chi connectivity index (χ1n) is 7.04. The highest BCUT2D eigenvalue weighted by atomic mass is 19.1. The molecule has 0 heterocycles. The quantitative estimate of drug-likeness (QED) is 0.675. The van der Waals surface area contributed by atoms with Crippen LogP contribution in [0.25, 0.3) is 6.08 Å². The highest BCUT2D eigenvalue weighted by molar-refractivity contribution is 6.09. The van der Waals surface area contributed by atoms with Crippen molar-refractivity contribution in [3.63, 3.8) is 0 Å². The van der Waals surface area contributed by atoms with E-state index in [1.165, 1.54) is 24.3 Å². The van der Waals surface area contributed by atoms with Gasteiger partial charge in [0.1, 0.15) is 23.2 Å². The standard InChI is InChI=1S/C18H15FN2O2/c1-2-23-16-8-5-7-15(11-16)21-18(22)14(12-20)10-13-6-3-4-9-17(13)19/h3-11H,2H2,1H3,(H,21,22)/b14-10-. The van der Waals surface area contributed by atoms with Gasteiger partial charge in [0.25, 0.3) is 5.91 Å². The minimum Gasteiger partial charge on any atom is -0.494 e. The van der Waals surface area contributed by atoms with Crippen LogP contribution >= 0.6 is 0 Å². The Hall–Kier alpha value is -3.13. The van der Waals surface area contributed by atoms with Crippen LogP contribution in [-0.2, 0) is 4.79 Å². The van der Waals surface area contributed by atoms with Crippen LogP contribution in [0.2, 0.25) is 0 Å². The third kappa shape index (κ3) is 4.42. The third-order valence-corrected chi connectivity index (χ3v) is 2.97. The highest BCUT2D eigenvalue weighted by Gasteiger charge is 2.11. The first kappa shape index (κ1) is 16.2. The molecule has 0 fully saturated rings. The average Bonchev–Trinajstić information content (AvgIpc) is 2.54. The molecule has 1 N–H and O–H groups in total. The van der Waals surface area contributed by atoms with E-state index in [9.17, 15) is 9.18 Å². The minimum absolute atomic E-state index is 0.183. The zero-order valence-electron chi connectivity index (χ0n) is 12.5. The summed E-state index contributed by atoms with van der Waals surface area (Å²) in [5, 5.41) is 11.7. The number of halogens is 1. The van der Waals surface area contributed by atoms with E-state index in [-0.39, 0.29) is 11.1 Å². The highest BCUT2D eigenvalue weighted by Crippen LogP contribution is 2.18. The van der Waals surface area contributed by atoms with E-state index in [0.29, 0.717) is 18.0 Å². The molecule has 0 aromatic heterocycles. The second-order valence-electron chi connectivity index (χ2n) is 4.61. The molecular formula is C18H15FN2O2. The number of rotatable bonds is 5. The molecule has 0 spiro atoms. The summed E-state index contributed by atoms with van der Waals surface area (Å²) in [6, 6.07) is 14.5. The van der Waals surface area contributed by atoms with E-state index in [1.807, 2.05) is 6.92 Å². The first-order valence-corrected chi connectivity index (χ1v) is 7.04. The van der Waals surface area contributed by atoms with Crippen molar-refractivity contribution < 1.29 is 13.9 Å². The van der Waals surface area contributed by atoms with Crippen LogP contribution in [0.5, 0.6) is 5.75 Å². The zero-order chi connectivity index (χ0) is 16.7. The van der Waals surface area contributed by atoms with Crippen LogP contribution in [0.1, 0.15) is 12.5 Å². The molecule has 0 aliphatic rings. The van der Waals surface area contributed by atoms with Crippen molar-refractivity contribution >= 4 is 17.7 Å². The molecule has 4 nitrogen and oxygen atoms in total. The number of carbonyl (C=O) groups excluding carboxylic acids is 1. The van der Waals surface area contributed by atoms with Gasteiger partial charge in [0.2, 0.25) is 0 Å². The number of hydrogen-bond donors (Lipinski definition) is 1. The molecule has 23 heavy (non-hydrogen) atoms. The molecule has 5 heteroatoms. The Labute approximate surface area is 133 Å². The molecule has 2 rings (SSSR count). The number of benzene rings is 2. The Morgan fingerprint density at radius 3 is 2.78 bits per heavy atom. The predicted molar refractivity (Wildman–Crippen MR) is 86.2 cm³/mol. The first-order chi connectivity index (χ1) is 11.1. The molecule has 0 atom stereocenters. The molecule has 0 aliphatic heterocycles. The molecule has 1 amide bonds. The van der Waals surface area contributed by atoms with Gasteiger partial charge < -0.3 is 10.1 Å². The van der Waals surface area contributed by atoms with Crippen molar-refractivity contribution in [1.82, 2.24) is 0 Å². The maximum Gasteiger partial charge on any atom is 0.266 e. The summed E-state index contributed by atoms with van der Waals surface area (Å²) in [5.41, 5.74) is 0.495. The van der Waals surface area contributed by atoms with Crippen LogP contribution in [0.4, 0.5) is 10.1 Å². The summed E-state index contributed by atoms with van der Waals surface area (Å²) in [5.74, 6) is -0.488. The molecule has 2 aromatic carbocycles. The molecule has 0 bridgehead atoms. The van der Waals surface area contributed by atoms with Crippen molar-refractivity contribution in [2.24, 2.45) is 0 Å². The second kappa shape index (κ2) is 7.76. The van der Waals surface area contributed by atoms with Gasteiger partial charge in [-0.25, -0.2) is 4.39 Å². The van der Waals surface area contributed by atoms with Gasteiger partial charge in [-0.1, -0.05) is 24.3 Å². The Morgan fingerprint density at radius 2 is 2.09 bits per heavy atom. The Balaban J connectivity index is 2.20. The number of anilines is 1. The second-order valence-corrected chi connectivity index (χ2v) is 4.61. The molecule has 116 valence electrons. The molecule has 2 aromatic rings. The van der Waals surface area contributed by atoms with E-state index in [4.69, 9.17) is 10.00 Å². The number of nitrogens with one attached hydrogen (secondary N) is 1. The monoisotopic (exact) mass is 310 g/mol. The van der Waals surface area contributed by atoms with Gasteiger partial charge in [-0.15, -0.1) is 0 Å². The average molecular weight is 310 g/mol. The van der Waals surface area contributed by atoms with Crippen LogP contribution in [-0.4, -0.2) is 12.5 Å². The number of nitriles is 1. The SMILES string of the molecule is CCOc1cccc(NC(=O)/C(C#N)=C\c2ccccc2F)c1. The van der Waals surface area contributed by atoms with Gasteiger partial charge >= 0.3 is 0 Å². The fourth-order valence-electron chi connectivity index (χ4n) is 1.92. The normalized spacial score (nSPS) is 10.7. The van der Waals surface area contributed by atoms with E-state index >= 15 is 0 Å². The van der Waals surface area contributed by atoms with E-state index in [2.05, 4.69) is 5.32 Å². The molecule has 0 aliphatic carbocycles. The molecular weight excluding hydrogens is 295 g/mol. The van der Waals surface area contributed by atoms with Crippen molar-refractivity contribution in [1.29, 1.82) is 5.26 Å². The summed E-state index contributed by atoms with van der Waals surface area (Å²) in [4.78, 5) is 12.2. The van der Waals surface area contributed by atoms with Gasteiger partial charge in [-0.05, 0) is 31.2 Å². The number of nitrogens with zero attached hydrogens (tertiary/aromatic N) is 1. The lowest BCUT2D eigenvalue weighted by molar-refractivity contribution is -0.112. The molecule has 0 saturated carbocycles. The van der Waals surface area contributed by atoms with Crippen molar-refractivity contribution in [3.05, 3.63) is 65.5 Å². The third-order valence-electron chi connectivity index (χ3n) is 2.97. The number of carbonyl (C=O) groups is 1. The fourth-order valence-corrected chi connectivity index (χ4v) is 1.92. The lowest BCUT2D eigenvalue weighted by atomic mass is 10.1. The summed E-state index contributed by atoms with van der Waals surface area (Å²) >= 11 is 0. The zero-order valence-corrected chi connectivity index (χ0v) is 12.5. The Kier molecular flexibility index (Phi) is 5.48. The largest absolute Gasteiger partial charge is 0.494 e. The number of ether oxygens (including phenoxy) is 1. The van der Waals surface area contributed by atoms with Crippen LogP contribution in [0.3, 0.4) is 0 Å². The fraction of sp³-hybridized carbons (Fsp3) is 0.111. The van der Waals surface area contributed by atoms with Gasteiger partial charge in [0.05, 0.1) is 6.61 Å². The number of hydrogen-bond acceptors (Lipinski definition) is 3. The Bertz CT molecular complexity index is 779. The summed E-state index contributed by atoms with van der Waals surface area (Å²) in [6.45, 7) is 2.37. The molecule has 0 unspecified atom stereocenters. The minimum atomic E-state index is -0.607. The molecule has 0 radical (unpaired) electrons. The lowest BCUT2D eigenvalue weighted by Gasteiger charge is -2.07. The maximum atomic E-state index is 13.6. The van der Waals surface area contributed by atoms with Gasteiger partial charge in [-0.3, -0.25) is 4.79 Å².